The number of nitrogens with one attached hydrogen (secondary N) is 1. The molecule has 3 aromatic rings. The fourth-order valence-electron chi connectivity index (χ4n) is 2.90. The molecule has 2 aromatic carbocycles. The van der Waals surface area contributed by atoms with Gasteiger partial charge in [-0.1, -0.05) is 24.3 Å². The van der Waals surface area contributed by atoms with Gasteiger partial charge in [0.1, 0.15) is 22.3 Å². The summed E-state index contributed by atoms with van der Waals surface area (Å²) in [5, 5.41) is 5.27. The summed E-state index contributed by atoms with van der Waals surface area (Å²) in [6.07, 6.45) is 0. The maximum absolute atomic E-state index is 13.2. The van der Waals surface area contributed by atoms with Gasteiger partial charge in [0.25, 0.3) is 5.91 Å². The standard InChI is InChI=1S/C22H23F2N3O2S/c1-29-11-10-25-22(28)20-15-30-21(26-20)14-27(12-16-2-6-18(23)7-3-16)13-17-4-8-19(24)9-5-17/h2-9,15H,10-14H2,1H3,(H,25,28). The number of aromatic nitrogens is 1. The number of ether oxygens (including phenoxy) is 1. The molecule has 0 fully saturated rings. The highest BCUT2D eigenvalue weighted by Gasteiger charge is 2.14. The number of rotatable bonds is 10. The van der Waals surface area contributed by atoms with E-state index >= 15 is 0 Å². The van der Waals surface area contributed by atoms with Crippen LogP contribution in [0.3, 0.4) is 0 Å². The monoisotopic (exact) mass is 431 g/mol. The SMILES string of the molecule is COCCNC(=O)c1csc(CN(Cc2ccc(F)cc2)Cc2ccc(F)cc2)n1. The van der Waals surface area contributed by atoms with Crippen molar-refractivity contribution in [2.24, 2.45) is 0 Å². The van der Waals surface area contributed by atoms with E-state index in [0.717, 1.165) is 16.1 Å². The van der Waals surface area contributed by atoms with Crippen LogP contribution in [0.2, 0.25) is 0 Å². The molecule has 0 radical (unpaired) electrons. The number of methoxy groups -OCH3 is 1. The maximum Gasteiger partial charge on any atom is 0.270 e. The second-order valence-electron chi connectivity index (χ2n) is 6.77. The van der Waals surface area contributed by atoms with Gasteiger partial charge in [-0.15, -0.1) is 11.3 Å². The molecule has 0 saturated heterocycles. The molecule has 1 amide bonds. The molecular weight excluding hydrogens is 408 g/mol. The van der Waals surface area contributed by atoms with Gasteiger partial charge in [-0.05, 0) is 35.4 Å². The molecule has 158 valence electrons. The summed E-state index contributed by atoms with van der Waals surface area (Å²) < 4.78 is 31.4. The molecule has 0 aliphatic rings. The highest BCUT2D eigenvalue weighted by molar-refractivity contribution is 7.09. The van der Waals surface area contributed by atoms with Crippen molar-refractivity contribution in [1.29, 1.82) is 0 Å². The van der Waals surface area contributed by atoms with Crippen molar-refractivity contribution in [2.75, 3.05) is 20.3 Å². The molecule has 1 heterocycles. The first-order valence-electron chi connectivity index (χ1n) is 9.46. The number of thiazole rings is 1. The minimum atomic E-state index is -0.284. The zero-order valence-electron chi connectivity index (χ0n) is 16.6. The van der Waals surface area contributed by atoms with Crippen molar-refractivity contribution in [3.63, 3.8) is 0 Å². The lowest BCUT2D eigenvalue weighted by Gasteiger charge is -2.21. The number of nitrogens with zero attached hydrogens (tertiary/aromatic N) is 2. The molecule has 0 bridgehead atoms. The first-order chi connectivity index (χ1) is 14.5. The lowest BCUT2D eigenvalue weighted by molar-refractivity contribution is 0.0932. The van der Waals surface area contributed by atoms with Gasteiger partial charge in [0, 0.05) is 32.1 Å². The summed E-state index contributed by atoms with van der Waals surface area (Å²) in [5.74, 6) is -0.807. The van der Waals surface area contributed by atoms with Gasteiger partial charge in [0.05, 0.1) is 13.2 Å². The van der Waals surface area contributed by atoms with E-state index in [1.54, 1.807) is 36.8 Å². The second kappa shape index (κ2) is 10.9. The number of hydrogen-bond acceptors (Lipinski definition) is 5. The van der Waals surface area contributed by atoms with Gasteiger partial charge >= 0.3 is 0 Å². The number of benzene rings is 2. The maximum atomic E-state index is 13.2. The summed E-state index contributed by atoms with van der Waals surface area (Å²) in [5.41, 5.74) is 2.27. The summed E-state index contributed by atoms with van der Waals surface area (Å²) >= 11 is 1.41. The smallest absolute Gasteiger partial charge is 0.270 e. The normalized spacial score (nSPS) is 11.1. The minimum absolute atomic E-state index is 0.238. The van der Waals surface area contributed by atoms with E-state index in [9.17, 15) is 13.6 Å². The Morgan fingerprint density at radius 1 is 1.00 bits per heavy atom. The molecule has 0 unspecified atom stereocenters. The zero-order valence-corrected chi connectivity index (χ0v) is 17.4. The fraction of sp³-hybridized carbons (Fsp3) is 0.273. The van der Waals surface area contributed by atoms with Crippen LogP contribution in [0.5, 0.6) is 0 Å². The van der Waals surface area contributed by atoms with E-state index in [0.29, 0.717) is 38.5 Å². The number of carbonyl (C=O) groups is 1. The van der Waals surface area contributed by atoms with Crippen LogP contribution in [-0.4, -0.2) is 36.1 Å². The Hall–Kier alpha value is -2.68. The third-order valence-electron chi connectivity index (χ3n) is 4.37. The molecule has 0 saturated carbocycles. The first-order valence-corrected chi connectivity index (χ1v) is 10.3. The predicted octanol–water partition coefficient (Wildman–Crippen LogP) is 4.00. The zero-order chi connectivity index (χ0) is 21.3. The Kier molecular flexibility index (Phi) is 8.01. The molecule has 0 aliphatic heterocycles. The van der Waals surface area contributed by atoms with Gasteiger partial charge in [-0.2, -0.15) is 0 Å². The lowest BCUT2D eigenvalue weighted by Crippen LogP contribution is -2.27. The average Bonchev–Trinajstić information content (AvgIpc) is 3.20. The van der Waals surface area contributed by atoms with Gasteiger partial charge in [0.15, 0.2) is 0 Å². The molecular formula is C22H23F2N3O2S. The Labute approximate surface area is 178 Å². The topological polar surface area (TPSA) is 54.5 Å². The summed E-state index contributed by atoms with van der Waals surface area (Å²) in [6.45, 7) is 2.49. The van der Waals surface area contributed by atoms with Crippen molar-refractivity contribution < 1.29 is 18.3 Å². The molecule has 0 aliphatic carbocycles. The van der Waals surface area contributed by atoms with Crippen LogP contribution in [-0.2, 0) is 24.4 Å². The predicted molar refractivity (Wildman–Crippen MR) is 112 cm³/mol. The number of hydrogen-bond donors (Lipinski definition) is 1. The van der Waals surface area contributed by atoms with E-state index in [-0.39, 0.29) is 17.5 Å². The van der Waals surface area contributed by atoms with Crippen LogP contribution >= 0.6 is 11.3 Å². The summed E-state index contributed by atoms with van der Waals surface area (Å²) in [4.78, 5) is 18.7. The van der Waals surface area contributed by atoms with Crippen LogP contribution in [0.25, 0.3) is 0 Å². The highest BCUT2D eigenvalue weighted by atomic mass is 32.1. The van der Waals surface area contributed by atoms with E-state index < -0.39 is 0 Å². The Morgan fingerprint density at radius 3 is 2.10 bits per heavy atom. The van der Waals surface area contributed by atoms with Crippen molar-refractivity contribution in [3.05, 3.63) is 87.4 Å². The quantitative estimate of drug-likeness (QED) is 0.493. The van der Waals surface area contributed by atoms with Crippen LogP contribution in [0.1, 0.15) is 26.6 Å². The second-order valence-corrected chi connectivity index (χ2v) is 7.72. The van der Waals surface area contributed by atoms with Gasteiger partial charge in [0.2, 0.25) is 0 Å². The van der Waals surface area contributed by atoms with Crippen LogP contribution < -0.4 is 5.32 Å². The van der Waals surface area contributed by atoms with Gasteiger partial charge in [-0.25, -0.2) is 13.8 Å². The minimum Gasteiger partial charge on any atom is -0.383 e. The van der Waals surface area contributed by atoms with E-state index in [1.807, 2.05) is 0 Å². The van der Waals surface area contributed by atoms with Crippen LogP contribution in [0.4, 0.5) is 8.78 Å². The first kappa shape index (κ1) is 22.0. The van der Waals surface area contributed by atoms with Gasteiger partial charge < -0.3 is 10.1 Å². The number of carbonyl (C=O) groups excluding carboxylic acids is 1. The van der Waals surface area contributed by atoms with Crippen LogP contribution in [0.15, 0.2) is 53.9 Å². The van der Waals surface area contributed by atoms with E-state index in [2.05, 4.69) is 15.2 Å². The van der Waals surface area contributed by atoms with Crippen LogP contribution in [0, 0.1) is 11.6 Å². The highest BCUT2D eigenvalue weighted by Crippen LogP contribution is 2.18. The Balaban J connectivity index is 1.70. The van der Waals surface area contributed by atoms with Crippen molar-refractivity contribution in [2.45, 2.75) is 19.6 Å². The number of amides is 1. The molecule has 3 rings (SSSR count). The average molecular weight is 432 g/mol. The molecule has 1 N–H and O–H groups in total. The molecule has 30 heavy (non-hydrogen) atoms. The van der Waals surface area contributed by atoms with E-state index in [1.165, 1.54) is 35.6 Å². The Morgan fingerprint density at radius 2 is 1.57 bits per heavy atom. The van der Waals surface area contributed by atoms with Crippen molar-refractivity contribution in [1.82, 2.24) is 15.2 Å². The largest absolute Gasteiger partial charge is 0.383 e. The number of halogens is 2. The fourth-order valence-corrected chi connectivity index (χ4v) is 3.72. The third kappa shape index (κ3) is 6.69. The third-order valence-corrected chi connectivity index (χ3v) is 5.21. The lowest BCUT2D eigenvalue weighted by atomic mass is 10.1. The molecule has 0 atom stereocenters. The van der Waals surface area contributed by atoms with Crippen molar-refractivity contribution >= 4 is 17.2 Å². The molecule has 0 spiro atoms. The van der Waals surface area contributed by atoms with E-state index in [4.69, 9.17) is 4.74 Å². The molecule has 8 heteroatoms. The summed E-state index contributed by atoms with van der Waals surface area (Å²) in [6, 6.07) is 12.7. The summed E-state index contributed by atoms with van der Waals surface area (Å²) in [7, 11) is 1.57. The molecule has 5 nitrogen and oxygen atoms in total. The van der Waals surface area contributed by atoms with Crippen molar-refractivity contribution in [3.8, 4) is 0 Å². The van der Waals surface area contributed by atoms with Gasteiger partial charge in [-0.3, -0.25) is 9.69 Å². The Bertz CT molecular complexity index is 898. The molecule has 1 aromatic heterocycles.